The highest BCUT2D eigenvalue weighted by Gasteiger charge is 2.24. The second kappa shape index (κ2) is 6.94. The van der Waals surface area contributed by atoms with E-state index in [9.17, 15) is 9.59 Å². The first-order chi connectivity index (χ1) is 11.5. The molecule has 2 amide bonds. The second-order valence-corrected chi connectivity index (χ2v) is 7.37. The molecule has 6 nitrogen and oxygen atoms in total. The van der Waals surface area contributed by atoms with Gasteiger partial charge in [0.2, 0.25) is 5.91 Å². The third-order valence-electron chi connectivity index (χ3n) is 3.91. The number of amides is 2. The number of nitrogens with one attached hydrogen (secondary N) is 1. The summed E-state index contributed by atoms with van der Waals surface area (Å²) < 4.78 is 1.91. The van der Waals surface area contributed by atoms with E-state index < -0.39 is 0 Å². The molecule has 0 spiro atoms. The largest absolute Gasteiger partial charge is 0.346 e. The summed E-state index contributed by atoms with van der Waals surface area (Å²) in [5, 5.41) is 9.58. The number of fused-ring (bicyclic) bond motifs is 1. The summed E-state index contributed by atoms with van der Waals surface area (Å²) in [4.78, 5) is 26.6. The molecule has 8 heteroatoms. The Kier molecular flexibility index (Phi) is 4.91. The van der Waals surface area contributed by atoms with Gasteiger partial charge in [0.1, 0.15) is 4.88 Å². The molecular weight excluding hydrogens is 348 g/mol. The maximum absolute atomic E-state index is 12.1. The van der Waals surface area contributed by atoms with E-state index >= 15 is 0 Å². The highest BCUT2D eigenvalue weighted by molar-refractivity contribution is 7.12. The summed E-state index contributed by atoms with van der Waals surface area (Å²) in [6.45, 7) is 6.07. The standard InChI is InChI=1S/C16H19ClN4O2S/c1-10(2)16(23)20-4-5-21-12(9-20)7-11(19-21)8-18-15(22)14-13(17)3-6-24-14/h3,6-7,10H,4-5,8-9H2,1-2H3,(H,18,22). The Hall–Kier alpha value is -1.86. The first-order valence-corrected chi connectivity index (χ1v) is 9.07. The summed E-state index contributed by atoms with van der Waals surface area (Å²) in [7, 11) is 0. The zero-order chi connectivity index (χ0) is 17.3. The van der Waals surface area contributed by atoms with Crippen LogP contribution in [0.25, 0.3) is 0 Å². The van der Waals surface area contributed by atoms with E-state index in [0.717, 1.165) is 11.4 Å². The summed E-state index contributed by atoms with van der Waals surface area (Å²) in [5.74, 6) is -0.0454. The molecule has 0 saturated heterocycles. The SMILES string of the molecule is CC(C)C(=O)N1CCn2nc(CNC(=O)c3sccc3Cl)cc2C1. The zero-order valence-corrected chi connectivity index (χ0v) is 15.2. The predicted octanol–water partition coefficient (Wildman–Crippen LogP) is 2.53. The molecule has 0 aliphatic carbocycles. The van der Waals surface area contributed by atoms with Gasteiger partial charge in [-0.05, 0) is 17.5 Å². The zero-order valence-electron chi connectivity index (χ0n) is 13.6. The minimum absolute atomic E-state index is 0.00576. The van der Waals surface area contributed by atoms with Crippen LogP contribution in [-0.4, -0.2) is 33.0 Å². The molecule has 2 aromatic heterocycles. The molecule has 0 radical (unpaired) electrons. The molecule has 3 heterocycles. The lowest BCUT2D eigenvalue weighted by atomic mass is 10.1. The van der Waals surface area contributed by atoms with Crippen LogP contribution in [0.4, 0.5) is 0 Å². The Morgan fingerprint density at radius 3 is 2.88 bits per heavy atom. The van der Waals surface area contributed by atoms with Crippen molar-refractivity contribution in [3.8, 4) is 0 Å². The molecule has 0 unspecified atom stereocenters. The predicted molar refractivity (Wildman–Crippen MR) is 93.0 cm³/mol. The van der Waals surface area contributed by atoms with E-state index in [1.165, 1.54) is 11.3 Å². The van der Waals surface area contributed by atoms with Crippen LogP contribution < -0.4 is 5.32 Å². The first-order valence-electron chi connectivity index (χ1n) is 7.81. The normalized spacial score (nSPS) is 13.9. The number of thiophene rings is 1. The van der Waals surface area contributed by atoms with Crippen molar-refractivity contribution in [2.45, 2.75) is 33.5 Å². The number of halogens is 1. The van der Waals surface area contributed by atoms with Crippen LogP contribution in [0.2, 0.25) is 5.02 Å². The fourth-order valence-electron chi connectivity index (χ4n) is 2.67. The number of nitrogens with zero attached hydrogens (tertiary/aromatic N) is 3. The molecule has 0 saturated carbocycles. The van der Waals surface area contributed by atoms with Gasteiger partial charge in [0.25, 0.3) is 5.91 Å². The van der Waals surface area contributed by atoms with E-state index in [0.29, 0.717) is 36.1 Å². The lowest BCUT2D eigenvalue weighted by Gasteiger charge is -2.29. The Labute approximate surface area is 149 Å². The molecule has 0 fully saturated rings. The third kappa shape index (κ3) is 3.47. The third-order valence-corrected chi connectivity index (χ3v) is 5.25. The lowest BCUT2D eigenvalue weighted by Crippen LogP contribution is -2.40. The molecule has 24 heavy (non-hydrogen) atoms. The fraction of sp³-hybridized carbons (Fsp3) is 0.438. The van der Waals surface area contributed by atoms with E-state index in [-0.39, 0.29) is 17.7 Å². The van der Waals surface area contributed by atoms with Crippen molar-refractivity contribution in [2.75, 3.05) is 6.54 Å². The molecule has 0 bridgehead atoms. The van der Waals surface area contributed by atoms with E-state index in [2.05, 4.69) is 10.4 Å². The summed E-state index contributed by atoms with van der Waals surface area (Å²) in [6.07, 6.45) is 0. The van der Waals surface area contributed by atoms with Gasteiger partial charge in [-0.15, -0.1) is 11.3 Å². The molecular formula is C16H19ClN4O2S. The first kappa shape index (κ1) is 17.0. The molecule has 1 aliphatic heterocycles. The van der Waals surface area contributed by atoms with Crippen molar-refractivity contribution in [1.29, 1.82) is 0 Å². The highest BCUT2D eigenvalue weighted by atomic mass is 35.5. The molecule has 0 atom stereocenters. The lowest BCUT2D eigenvalue weighted by molar-refractivity contribution is -0.136. The van der Waals surface area contributed by atoms with Crippen molar-refractivity contribution in [1.82, 2.24) is 20.0 Å². The van der Waals surface area contributed by atoms with Gasteiger partial charge >= 0.3 is 0 Å². The van der Waals surface area contributed by atoms with Crippen LogP contribution in [0.3, 0.4) is 0 Å². The van der Waals surface area contributed by atoms with Gasteiger partial charge in [-0.1, -0.05) is 25.4 Å². The van der Waals surface area contributed by atoms with Gasteiger partial charge < -0.3 is 10.2 Å². The Morgan fingerprint density at radius 1 is 1.42 bits per heavy atom. The van der Waals surface area contributed by atoms with Crippen molar-refractivity contribution in [3.63, 3.8) is 0 Å². The number of carbonyl (C=O) groups excluding carboxylic acids is 2. The molecule has 2 aromatic rings. The maximum Gasteiger partial charge on any atom is 0.263 e. The van der Waals surface area contributed by atoms with Gasteiger partial charge in [0.15, 0.2) is 0 Å². The molecule has 3 rings (SSSR count). The Morgan fingerprint density at radius 2 is 2.21 bits per heavy atom. The van der Waals surface area contributed by atoms with Crippen LogP contribution in [0.5, 0.6) is 0 Å². The molecule has 1 aliphatic rings. The summed E-state index contributed by atoms with van der Waals surface area (Å²) >= 11 is 7.28. The number of hydrogen-bond donors (Lipinski definition) is 1. The van der Waals surface area contributed by atoms with Crippen LogP contribution in [0.15, 0.2) is 17.5 Å². The molecule has 128 valence electrons. The van der Waals surface area contributed by atoms with Crippen molar-refractivity contribution in [3.05, 3.63) is 38.8 Å². The Balaban J connectivity index is 1.63. The van der Waals surface area contributed by atoms with E-state index in [4.69, 9.17) is 11.6 Å². The van der Waals surface area contributed by atoms with Crippen molar-refractivity contribution < 1.29 is 9.59 Å². The van der Waals surface area contributed by atoms with Crippen LogP contribution in [-0.2, 0) is 24.4 Å². The smallest absolute Gasteiger partial charge is 0.263 e. The number of rotatable bonds is 4. The van der Waals surface area contributed by atoms with Gasteiger partial charge in [-0.25, -0.2) is 0 Å². The van der Waals surface area contributed by atoms with Crippen molar-refractivity contribution >= 4 is 34.8 Å². The van der Waals surface area contributed by atoms with E-state index in [1.54, 1.807) is 11.4 Å². The quantitative estimate of drug-likeness (QED) is 0.904. The number of aromatic nitrogens is 2. The minimum atomic E-state index is -0.197. The number of carbonyl (C=O) groups is 2. The van der Waals surface area contributed by atoms with Gasteiger partial charge in [0.05, 0.1) is 36.0 Å². The summed E-state index contributed by atoms with van der Waals surface area (Å²) in [5.41, 5.74) is 1.78. The van der Waals surface area contributed by atoms with Crippen LogP contribution in [0.1, 0.15) is 34.9 Å². The minimum Gasteiger partial charge on any atom is -0.346 e. The van der Waals surface area contributed by atoms with Crippen LogP contribution >= 0.6 is 22.9 Å². The molecule has 0 aromatic carbocycles. The monoisotopic (exact) mass is 366 g/mol. The maximum atomic E-state index is 12.1. The topological polar surface area (TPSA) is 67.2 Å². The van der Waals surface area contributed by atoms with Crippen LogP contribution in [0, 0.1) is 5.92 Å². The fourth-order valence-corrected chi connectivity index (χ4v) is 3.73. The van der Waals surface area contributed by atoms with Gasteiger partial charge in [-0.2, -0.15) is 5.10 Å². The van der Waals surface area contributed by atoms with Crippen molar-refractivity contribution in [2.24, 2.45) is 5.92 Å². The van der Waals surface area contributed by atoms with E-state index in [1.807, 2.05) is 29.5 Å². The highest BCUT2D eigenvalue weighted by Crippen LogP contribution is 2.22. The van der Waals surface area contributed by atoms with Gasteiger partial charge in [-0.3, -0.25) is 14.3 Å². The summed E-state index contributed by atoms with van der Waals surface area (Å²) in [6, 6.07) is 3.65. The number of hydrogen-bond acceptors (Lipinski definition) is 4. The second-order valence-electron chi connectivity index (χ2n) is 6.04. The molecule has 1 N–H and O–H groups in total. The van der Waals surface area contributed by atoms with Gasteiger partial charge in [0, 0.05) is 12.5 Å². The Bertz CT molecular complexity index is 768. The average Bonchev–Trinajstić information content (AvgIpc) is 3.16. The average molecular weight is 367 g/mol.